The Morgan fingerprint density at radius 1 is 1.30 bits per heavy atom. The zero-order valence-electron chi connectivity index (χ0n) is 11.1. The van der Waals surface area contributed by atoms with Crippen LogP contribution >= 0.6 is 11.6 Å². The molecule has 0 aliphatic rings. The maximum absolute atomic E-state index is 12.2. The molecule has 6 heteroatoms. The smallest absolute Gasteiger partial charge is 0.260 e. The molecule has 2 aromatic rings. The summed E-state index contributed by atoms with van der Waals surface area (Å²) in [6.07, 6.45) is 5.64. The van der Waals surface area contributed by atoms with Crippen molar-refractivity contribution < 1.29 is 4.79 Å². The van der Waals surface area contributed by atoms with Gasteiger partial charge in [0.1, 0.15) is 5.82 Å². The number of hydrogen-bond donors (Lipinski definition) is 2. The molecule has 0 saturated carbocycles. The van der Waals surface area contributed by atoms with Crippen molar-refractivity contribution in [3.63, 3.8) is 0 Å². The van der Waals surface area contributed by atoms with Crippen molar-refractivity contribution in [3.8, 4) is 0 Å². The minimum atomic E-state index is -0.258. The topological polar surface area (TPSA) is 66.9 Å². The average molecular weight is 291 g/mol. The quantitative estimate of drug-likeness (QED) is 0.887. The van der Waals surface area contributed by atoms with Crippen LogP contribution in [-0.4, -0.2) is 22.4 Å². The van der Waals surface area contributed by atoms with Crippen LogP contribution in [-0.2, 0) is 0 Å². The molecule has 0 saturated heterocycles. The number of anilines is 2. The van der Waals surface area contributed by atoms with E-state index in [1.807, 2.05) is 0 Å². The Morgan fingerprint density at radius 3 is 2.85 bits per heavy atom. The number of halogens is 1. The molecule has 1 amide bonds. The van der Waals surface area contributed by atoms with Gasteiger partial charge >= 0.3 is 0 Å². The van der Waals surface area contributed by atoms with Crippen molar-refractivity contribution in [2.24, 2.45) is 0 Å². The molecule has 0 spiro atoms. The maximum Gasteiger partial charge on any atom is 0.260 e. The molecule has 104 valence electrons. The van der Waals surface area contributed by atoms with Gasteiger partial charge in [-0.05, 0) is 24.6 Å². The van der Waals surface area contributed by atoms with Gasteiger partial charge in [-0.25, -0.2) is 4.98 Å². The zero-order chi connectivity index (χ0) is 14.4. The van der Waals surface area contributed by atoms with Crippen LogP contribution in [0.15, 0.2) is 36.8 Å². The van der Waals surface area contributed by atoms with Gasteiger partial charge in [-0.15, -0.1) is 0 Å². The number of carbonyl (C=O) groups is 1. The first-order chi connectivity index (χ1) is 9.70. The first kappa shape index (κ1) is 14.3. The minimum absolute atomic E-state index is 0.258. The van der Waals surface area contributed by atoms with Crippen LogP contribution in [0.5, 0.6) is 0 Å². The molecule has 0 bridgehead atoms. The highest BCUT2D eigenvalue weighted by molar-refractivity contribution is 6.30. The molecule has 0 atom stereocenters. The van der Waals surface area contributed by atoms with Crippen LogP contribution in [0.3, 0.4) is 0 Å². The molecule has 5 nitrogen and oxygen atoms in total. The summed E-state index contributed by atoms with van der Waals surface area (Å²) in [5, 5.41) is 6.43. The van der Waals surface area contributed by atoms with Gasteiger partial charge in [0, 0.05) is 25.1 Å². The molecular weight excluding hydrogens is 276 g/mol. The van der Waals surface area contributed by atoms with E-state index in [0.29, 0.717) is 16.4 Å². The first-order valence-corrected chi connectivity index (χ1v) is 6.69. The van der Waals surface area contributed by atoms with E-state index in [-0.39, 0.29) is 5.91 Å². The monoisotopic (exact) mass is 290 g/mol. The van der Waals surface area contributed by atoms with Crippen molar-refractivity contribution in [2.45, 2.75) is 13.3 Å². The van der Waals surface area contributed by atoms with Gasteiger partial charge in [-0.3, -0.25) is 9.78 Å². The zero-order valence-corrected chi connectivity index (χ0v) is 11.8. The number of rotatable bonds is 5. The fourth-order valence-corrected chi connectivity index (χ4v) is 1.73. The molecule has 2 rings (SSSR count). The summed E-state index contributed by atoms with van der Waals surface area (Å²) in [5.41, 5.74) is 1.24. The Bertz CT molecular complexity index is 586. The highest BCUT2D eigenvalue weighted by atomic mass is 35.5. The summed E-state index contributed by atoms with van der Waals surface area (Å²) in [4.78, 5) is 20.2. The second-order valence-corrected chi connectivity index (χ2v) is 4.60. The second kappa shape index (κ2) is 6.86. The lowest BCUT2D eigenvalue weighted by Crippen LogP contribution is -2.16. The third-order valence-electron chi connectivity index (χ3n) is 2.60. The van der Waals surface area contributed by atoms with E-state index in [9.17, 15) is 4.79 Å². The van der Waals surface area contributed by atoms with Gasteiger partial charge in [0.25, 0.3) is 5.91 Å². The summed E-state index contributed by atoms with van der Waals surface area (Å²) in [5.74, 6) is 0.191. The predicted octanol–water partition coefficient (Wildman–Crippen LogP) is 3.20. The van der Waals surface area contributed by atoms with E-state index in [4.69, 9.17) is 11.6 Å². The molecule has 20 heavy (non-hydrogen) atoms. The molecule has 0 radical (unpaired) electrons. The number of nitrogens with one attached hydrogen (secondary N) is 2. The number of amides is 1. The van der Waals surface area contributed by atoms with E-state index in [1.165, 1.54) is 12.4 Å². The van der Waals surface area contributed by atoms with Crippen LogP contribution in [0.25, 0.3) is 0 Å². The summed E-state index contributed by atoms with van der Waals surface area (Å²) < 4.78 is 0. The average Bonchev–Trinajstić information content (AvgIpc) is 2.47. The van der Waals surface area contributed by atoms with Gasteiger partial charge in [-0.1, -0.05) is 18.5 Å². The molecule has 0 aromatic carbocycles. The fourth-order valence-electron chi connectivity index (χ4n) is 1.62. The van der Waals surface area contributed by atoms with Crippen molar-refractivity contribution in [3.05, 3.63) is 47.4 Å². The molecule has 2 N–H and O–H groups in total. The number of pyridine rings is 2. The Hall–Kier alpha value is -2.14. The van der Waals surface area contributed by atoms with Gasteiger partial charge in [0.05, 0.1) is 16.3 Å². The number of carbonyl (C=O) groups excluding carboxylic acids is 1. The lowest BCUT2D eigenvalue weighted by Gasteiger charge is -2.10. The van der Waals surface area contributed by atoms with E-state index in [0.717, 1.165) is 18.7 Å². The molecule has 2 heterocycles. The van der Waals surface area contributed by atoms with Crippen molar-refractivity contribution in [2.75, 3.05) is 17.2 Å². The Labute approximate surface area is 122 Å². The Balaban J connectivity index is 2.14. The summed E-state index contributed by atoms with van der Waals surface area (Å²) in [6, 6.07) is 5.10. The van der Waals surface area contributed by atoms with Crippen LogP contribution in [0, 0.1) is 0 Å². The fraction of sp³-hybridized carbons (Fsp3) is 0.214. The van der Waals surface area contributed by atoms with E-state index < -0.39 is 0 Å². The number of nitrogens with zero attached hydrogens (tertiary/aromatic N) is 2. The van der Waals surface area contributed by atoms with Crippen LogP contribution in [0.1, 0.15) is 23.7 Å². The van der Waals surface area contributed by atoms with Gasteiger partial charge in [-0.2, -0.15) is 0 Å². The Morgan fingerprint density at radius 2 is 2.15 bits per heavy atom. The lowest BCUT2D eigenvalue weighted by atomic mass is 10.2. The van der Waals surface area contributed by atoms with E-state index in [2.05, 4.69) is 27.5 Å². The standard InChI is InChI=1S/C14H15ClN4O/c1-2-6-17-12-5-7-16-9-11(12)14(20)19-13-4-3-10(15)8-18-13/h3-5,7-9H,2,6H2,1H3,(H,16,17)(H,18,19,20). The highest BCUT2D eigenvalue weighted by Gasteiger charge is 2.12. The highest BCUT2D eigenvalue weighted by Crippen LogP contribution is 2.16. The minimum Gasteiger partial charge on any atom is -0.384 e. The van der Waals surface area contributed by atoms with Crippen LogP contribution in [0.4, 0.5) is 11.5 Å². The van der Waals surface area contributed by atoms with Crippen molar-refractivity contribution >= 4 is 29.0 Å². The largest absolute Gasteiger partial charge is 0.384 e. The van der Waals surface area contributed by atoms with Crippen molar-refractivity contribution in [1.82, 2.24) is 9.97 Å². The predicted molar refractivity (Wildman–Crippen MR) is 80.2 cm³/mol. The van der Waals surface area contributed by atoms with Crippen molar-refractivity contribution in [1.29, 1.82) is 0 Å². The molecule has 0 aliphatic carbocycles. The third kappa shape index (κ3) is 3.68. The number of aromatic nitrogens is 2. The summed E-state index contributed by atoms with van der Waals surface area (Å²) in [7, 11) is 0. The molecule has 0 aliphatic heterocycles. The SMILES string of the molecule is CCCNc1ccncc1C(=O)Nc1ccc(Cl)cn1. The Kier molecular flexibility index (Phi) is 4.90. The summed E-state index contributed by atoms with van der Waals surface area (Å²) >= 11 is 5.75. The molecule has 0 fully saturated rings. The molecular formula is C14H15ClN4O. The van der Waals surface area contributed by atoms with Gasteiger partial charge in [0.15, 0.2) is 0 Å². The lowest BCUT2D eigenvalue weighted by molar-refractivity contribution is 0.102. The molecule has 0 unspecified atom stereocenters. The van der Waals surface area contributed by atoms with Gasteiger partial charge < -0.3 is 10.6 Å². The number of hydrogen-bond acceptors (Lipinski definition) is 4. The molecule has 2 aromatic heterocycles. The van der Waals surface area contributed by atoms with Crippen LogP contribution in [0.2, 0.25) is 5.02 Å². The van der Waals surface area contributed by atoms with Gasteiger partial charge in [0.2, 0.25) is 0 Å². The van der Waals surface area contributed by atoms with Crippen LogP contribution < -0.4 is 10.6 Å². The normalized spacial score (nSPS) is 10.1. The maximum atomic E-state index is 12.2. The van der Waals surface area contributed by atoms with E-state index in [1.54, 1.807) is 24.4 Å². The third-order valence-corrected chi connectivity index (χ3v) is 2.82. The first-order valence-electron chi connectivity index (χ1n) is 6.31. The summed E-state index contributed by atoms with van der Waals surface area (Å²) in [6.45, 7) is 2.86. The second-order valence-electron chi connectivity index (χ2n) is 4.16. The van der Waals surface area contributed by atoms with E-state index >= 15 is 0 Å².